The van der Waals surface area contributed by atoms with Crippen molar-refractivity contribution in [1.29, 1.82) is 0 Å². The van der Waals surface area contributed by atoms with E-state index in [1.54, 1.807) is 0 Å². The summed E-state index contributed by atoms with van der Waals surface area (Å²) >= 11 is 0. The van der Waals surface area contributed by atoms with Gasteiger partial charge in [-0.25, -0.2) is 0 Å². The van der Waals surface area contributed by atoms with E-state index in [4.69, 9.17) is 18.9 Å². The summed E-state index contributed by atoms with van der Waals surface area (Å²) in [7, 11) is 0. The molecular formula is C63H96O8. The van der Waals surface area contributed by atoms with Crippen LogP contribution in [0.15, 0.2) is 78.9 Å². The molecule has 0 N–H and O–H groups in total. The van der Waals surface area contributed by atoms with Crippen molar-refractivity contribution in [2.24, 2.45) is 0 Å². The SMILES string of the molecule is CCCCCCCC/C=C\CCCCCCCC(=O)OCC(COC(=O)CCCCCCC/C=C\CCCCCCCC)OC(=O)CCCCCCCCC(=O)Oc1ccc2ccc3ccccc3c2c1. The summed E-state index contributed by atoms with van der Waals surface area (Å²) in [5, 5.41) is 4.46. The number of benzene rings is 3. The first-order valence-corrected chi connectivity index (χ1v) is 28.8. The van der Waals surface area contributed by atoms with E-state index in [2.05, 4.69) is 62.4 Å². The maximum atomic E-state index is 12.9. The predicted octanol–water partition coefficient (Wildman–Crippen LogP) is 18.1. The zero-order valence-electron chi connectivity index (χ0n) is 44.7. The van der Waals surface area contributed by atoms with E-state index in [9.17, 15) is 19.2 Å². The van der Waals surface area contributed by atoms with Crippen LogP contribution in [0.4, 0.5) is 0 Å². The number of rotatable bonds is 45. The van der Waals surface area contributed by atoms with Gasteiger partial charge in [-0.1, -0.05) is 209 Å². The van der Waals surface area contributed by atoms with Crippen molar-refractivity contribution < 1.29 is 38.1 Å². The van der Waals surface area contributed by atoms with E-state index in [0.717, 1.165) is 118 Å². The number of ether oxygens (including phenoxy) is 4. The van der Waals surface area contributed by atoms with Gasteiger partial charge in [0.05, 0.1) is 0 Å². The second-order valence-electron chi connectivity index (χ2n) is 19.9. The van der Waals surface area contributed by atoms with Crippen molar-refractivity contribution in [3.8, 4) is 5.75 Å². The lowest BCUT2D eigenvalue weighted by atomic mass is 10.0. The molecule has 0 bridgehead atoms. The first-order valence-electron chi connectivity index (χ1n) is 28.8. The number of hydrogen-bond donors (Lipinski definition) is 0. The van der Waals surface area contributed by atoms with Crippen molar-refractivity contribution in [3.63, 3.8) is 0 Å². The number of allylic oxidation sites excluding steroid dienone is 4. The molecule has 0 aliphatic carbocycles. The van der Waals surface area contributed by atoms with Crippen LogP contribution in [0.1, 0.15) is 245 Å². The van der Waals surface area contributed by atoms with Crippen molar-refractivity contribution in [2.45, 2.75) is 251 Å². The lowest BCUT2D eigenvalue weighted by Crippen LogP contribution is -2.30. The van der Waals surface area contributed by atoms with E-state index >= 15 is 0 Å². The largest absolute Gasteiger partial charge is 0.462 e. The van der Waals surface area contributed by atoms with E-state index in [1.807, 2.05) is 30.3 Å². The van der Waals surface area contributed by atoms with Crippen LogP contribution in [0.2, 0.25) is 0 Å². The summed E-state index contributed by atoms with van der Waals surface area (Å²) in [6, 6.07) is 18.2. The molecule has 0 amide bonds. The first kappa shape index (κ1) is 60.8. The van der Waals surface area contributed by atoms with Crippen LogP contribution in [0.3, 0.4) is 0 Å². The lowest BCUT2D eigenvalue weighted by Gasteiger charge is -2.18. The van der Waals surface area contributed by atoms with Gasteiger partial charge in [0, 0.05) is 25.7 Å². The Morgan fingerprint density at radius 2 is 0.761 bits per heavy atom. The molecule has 0 saturated heterocycles. The molecule has 0 atom stereocenters. The minimum Gasteiger partial charge on any atom is -0.462 e. The molecule has 0 aliphatic heterocycles. The van der Waals surface area contributed by atoms with Crippen molar-refractivity contribution in [2.75, 3.05) is 13.2 Å². The van der Waals surface area contributed by atoms with E-state index in [1.165, 1.54) is 103 Å². The maximum absolute atomic E-state index is 12.9. The predicted molar refractivity (Wildman–Crippen MR) is 295 cm³/mol. The average Bonchev–Trinajstić information content (AvgIpc) is 3.37. The van der Waals surface area contributed by atoms with E-state index in [-0.39, 0.29) is 43.5 Å². The standard InChI is InChI=1S/C63H96O8/c1-3-5-7-9-11-13-15-17-19-21-23-25-27-31-35-43-60(64)68-52-57(53-69-61(65)44-36-32-28-26-24-22-20-18-16-14-12-10-8-6-4-2)71-63(67)46-38-34-30-29-33-37-45-62(66)70-56-50-49-55-48-47-54-41-39-40-42-58(54)59(55)51-56/h17-20,39-42,47-51,57H,3-16,21-38,43-46,52-53H2,1-2H3/b19-17-,20-18-. The van der Waals surface area contributed by atoms with Gasteiger partial charge in [0.1, 0.15) is 19.0 Å². The molecule has 0 aliphatic rings. The summed E-state index contributed by atoms with van der Waals surface area (Å²) in [5.41, 5.74) is 0. The van der Waals surface area contributed by atoms with Crippen LogP contribution in [0.5, 0.6) is 5.75 Å². The topological polar surface area (TPSA) is 105 Å². The van der Waals surface area contributed by atoms with Crippen molar-refractivity contribution in [1.82, 2.24) is 0 Å². The van der Waals surface area contributed by atoms with Gasteiger partial charge in [0.15, 0.2) is 6.10 Å². The molecule has 0 heterocycles. The molecular weight excluding hydrogens is 885 g/mol. The number of carbonyl (C=O) groups is 4. The fourth-order valence-electron chi connectivity index (χ4n) is 9.03. The van der Waals surface area contributed by atoms with E-state index < -0.39 is 6.10 Å². The molecule has 0 fully saturated rings. The Hall–Kier alpha value is -4.46. The Kier molecular flexibility index (Phi) is 36.1. The Morgan fingerprint density at radius 3 is 1.23 bits per heavy atom. The first-order chi connectivity index (χ1) is 34.9. The fraction of sp³-hybridized carbons (Fsp3) is 0.651. The molecule has 396 valence electrons. The zero-order chi connectivity index (χ0) is 50.7. The van der Waals surface area contributed by atoms with Gasteiger partial charge in [-0.05, 0) is 111 Å². The second-order valence-corrected chi connectivity index (χ2v) is 19.9. The highest BCUT2D eigenvalue weighted by molar-refractivity contribution is 6.08. The average molecular weight is 981 g/mol. The molecule has 71 heavy (non-hydrogen) atoms. The Labute approximate surface area is 430 Å². The summed E-state index contributed by atoms with van der Waals surface area (Å²) in [6.45, 7) is 4.26. The summed E-state index contributed by atoms with van der Waals surface area (Å²) in [4.78, 5) is 51.0. The lowest BCUT2D eigenvalue weighted by molar-refractivity contribution is -0.167. The molecule has 3 aromatic rings. The number of carbonyl (C=O) groups excluding carboxylic acids is 4. The molecule has 0 aromatic heterocycles. The molecule has 8 heteroatoms. The smallest absolute Gasteiger partial charge is 0.311 e. The van der Waals surface area contributed by atoms with Crippen molar-refractivity contribution in [3.05, 3.63) is 78.9 Å². The quantitative estimate of drug-likeness (QED) is 0.0138. The van der Waals surface area contributed by atoms with Crippen LogP contribution in [0.25, 0.3) is 21.5 Å². The molecule has 0 saturated carbocycles. The second kappa shape index (κ2) is 42.1. The third-order valence-corrected chi connectivity index (χ3v) is 13.4. The summed E-state index contributed by atoms with van der Waals surface area (Å²) in [5.74, 6) is -0.699. The van der Waals surface area contributed by atoms with Gasteiger partial charge < -0.3 is 18.9 Å². The summed E-state index contributed by atoms with van der Waals surface area (Å²) < 4.78 is 22.5. The van der Waals surface area contributed by atoms with Crippen molar-refractivity contribution >= 4 is 45.4 Å². The normalized spacial score (nSPS) is 11.6. The number of hydrogen-bond acceptors (Lipinski definition) is 8. The van der Waals surface area contributed by atoms with Crippen LogP contribution in [0, 0.1) is 0 Å². The van der Waals surface area contributed by atoms with Crippen LogP contribution in [-0.4, -0.2) is 43.2 Å². The zero-order valence-corrected chi connectivity index (χ0v) is 44.7. The molecule has 3 aromatic carbocycles. The molecule has 8 nitrogen and oxygen atoms in total. The van der Waals surface area contributed by atoms with Crippen LogP contribution in [-0.2, 0) is 33.4 Å². The molecule has 0 unspecified atom stereocenters. The molecule has 0 spiro atoms. The summed E-state index contributed by atoms with van der Waals surface area (Å²) in [6.07, 6.45) is 45.6. The number of esters is 4. The van der Waals surface area contributed by atoms with Crippen LogP contribution < -0.4 is 4.74 Å². The van der Waals surface area contributed by atoms with Crippen LogP contribution >= 0.6 is 0 Å². The van der Waals surface area contributed by atoms with Gasteiger partial charge in [0.2, 0.25) is 0 Å². The number of unbranched alkanes of at least 4 members (excludes halogenated alkanes) is 27. The maximum Gasteiger partial charge on any atom is 0.311 e. The fourth-order valence-corrected chi connectivity index (χ4v) is 9.03. The molecule has 0 radical (unpaired) electrons. The third-order valence-electron chi connectivity index (χ3n) is 13.4. The molecule has 3 rings (SSSR count). The highest BCUT2D eigenvalue weighted by Crippen LogP contribution is 2.29. The third kappa shape index (κ3) is 31.6. The van der Waals surface area contributed by atoms with Gasteiger partial charge in [-0.2, -0.15) is 0 Å². The Morgan fingerprint density at radius 1 is 0.394 bits per heavy atom. The Bertz CT molecular complexity index is 1860. The van der Waals surface area contributed by atoms with Gasteiger partial charge in [-0.3, -0.25) is 19.2 Å². The highest BCUT2D eigenvalue weighted by Gasteiger charge is 2.20. The minimum atomic E-state index is -0.840. The van der Waals surface area contributed by atoms with E-state index in [0.29, 0.717) is 31.4 Å². The monoisotopic (exact) mass is 981 g/mol. The van der Waals surface area contributed by atoms with Gasteiger partial charge >= 0.3 is 23.9 Å². The minimum absolute atomic E-state index is 0.128. The highest BCUT2D eigenvalue weighted by atomic mass is 16.6. The van der Waals surface area contributed by atoms with Gasteiger partial charge in [0.25, 0.3) is 0 Å². The van der Waals surface area contributed by atoms with Gasteiger partial charge in [-0.15, -0.1) is 0 Å². The Balaban J connectivity index is 1.28. The number of fused-ring (bicyclic) bond motifs is 3.